The van der Waals surface area contributed by atoms with Crippen molar-refractivity contribution in [3.05, 3.63) is 59.7 Å². The van der Waals surface area contributed by atoms with Crippen LogP contribution in [-0.4, -0.2) is 51.2 Å². The summed E-state index contributed by atoms with van der Waals surface area (Å²) in [6.07, 6.45) is 0. The van der Waals surface area contributed by atoms with Gasteiger partial charge in [0, 0.05) is 25.2 Å². The number of sulfonamides is 1. The maximum Gasteiger partial charge on any atom is 0.255 e. The maximum atomic E-state index is 12.8. The van der Waals surface area contributed by atoms with Gasteiger partial charge in [0.05, 0.1) is 25.5 Å². The molecule has 2 aromatic rings. The molecule has 0 heterocycles. The fourth-order valence-corrected chi connectivity index (χ4v) is 4.44. The van der Waals surface area contributed by atoms with Gasteiger partial charge in [0.2, 0.25) is 10.0 Å². The quantitative estimate of drug-likeness (QED) is 0.639. The molecule has 0 saturated heterocycles. The fourth-order valence-electron chi connectivity index (χ4n) is 2.86. The van der Waals surface area contributed by atoms with Gasteiger partial charge in [-0.1, -0.05) is 30.3 Å². The molecule has 0 atom stereocenters. The van der Waals surface area contributed by atoms with E-state index in [9.17, 15) is 13.2 Å². The Labute approximate surface area is 172 Å². The summed E-state index contributed by atoms with van der Waals surface area (Å²) in [6.45, 7) is 3.96. The monoisotopic (exact) mass is 420 g/mol. The normalized spacial score (nSPS) is 11.5. The van der Waals surface area contributed by atoms with Crippen LogP contribution in [0.5, 0.6) is 11.5 Å². The lowest BCUT2D eigenvalue weighted by atomic mass is 10.2. The summed E-state index contributed by atoms with van der Waals surface area (Å²) in [5, 5.41) is 2.66. The number of nitrogens with one attached hydrogen (secondary N) is 1. The van der Waals surface area contributed by atoms with Crippen LogP contribution in [-0.2, 0) is 16.6 Å². The van der Waals surface area contributed by atoms with Gasteiger partial charge in [-0.2, -0.15) is 4.31 Å². The predicted octanol–water partition coefficient (Wildman–Crippen LogP) is 2.67. The molecule has 0 aromatic heterocycles. The Morgan fingerprint density at radius 3 is 2.34 bits per heavy atom. The zero-order chi connectivity index (χ0) is 21.4. The highest BCUT2D eigenvalue weighted by Gasteiger charge is 2.25. The van der Waals surface area contributed by atoms with Crippen LogP contribution in [0.1, 0.15) is 29.8 Å². The van der Waals surface area contributed by atoms with Crippen molar-refractivity contribution >= 4 is 15.9 Å². The van der Waals surface area contributed by atoms with E-state index in [0.29, 0.717) is 23.6 Å². The van der Waals surface area contributed by atoms with E-state index in [2.05, 4.69) is 5.32 Å². The van der Waals surface area contributed by atoms with Crippen molar-refractivity contribution in [2.75, 3.05) is 26.5 Å². The first-order chi connectivity index (χ1) is 13.8. The molecule has 0 bridgehead atoms. The number of carbonyl (C=O) groups excluding carboxylic acids is 1. The average molecular weight is 421 g/mol. The van der Waals surface area contributed by atoms with Gasteiger partial charge < -0.3 is 14.8 Å². The Bertz CT molecular complexity index is 914. The summed E-state index contributed by atoms with van der Waals surface area (Å²) >= 11 is 0. The van der Waals surface area contributed by atoms with Gasteiger partial charge in [0.15, 0.2) is 0 Å². The molecular formula is C21H28N2O5S. The Balaban J connectivity index is 2.02. The van der Waals surface area contributed by atoms with Gasteiger partial charge in [-0.15, -0.1) is 0 Å². The van der Waals surface area contributed by atoms with Crippen LogP contribution in [0.25, 0.3) is 0 Å². The molecule has 0 unspecified atom stereocenters. The van der Waals surface area contributed by atoms with Crippen LogP contribution in [0.4, 0.5) is 0 Å². The van der Waals surface area contributed by atoms with Crippen molar-refractivity contribution < 1.29 is 22.7 Å². The average Bonchev–Trinajstić information content (AvgIpc) is 2.71. The second-order valence-electron chi connectivity index (χ2n) is 6.76. The van der Waals surface area contributed by atoms with E-state index in [1.54, 1.807) is 18.2 Å². The highest BCUT2D eigenvalue weighted by Crippen LogP contribution is 2.24. The van der Waals surface area contributed by atoms with Crippen LogP contribution in [0.15, 0.2) is 48.5 Å². The molecular weight excluding hydrogens is 392 g/mol. The van der Waals surface area contributed by atoms with Crippen LogP contribution in [0.2, 0.25) is 0 Å². The molecule has 0 aliphatic heterocycles. The van der Waals surface area contributed by atoms with Gasteiger partial charge in [-0.25, -0.2) is 8.42 Å². The first kappa shape index (κ1) is 22.7. The van der Waals surface area contributed by atoms with E-state index in [0.717, 1.165) is 5.56 Å². The molecule has 7 nitrogen and oxygen atoms in total. The molecule has 0 spiro atoms. The van der Waals surface area contributed by atoms with Gasteiger partial charge >= 0.3 is 0 Å². The lowest BCUT2D eigenvalue weighted by molar-refractivity contribution is 0.0953. The molecule has 0 saturated carbocycles. The number of rotatable bonds is 10. The number of methoxy groups -OCH3 is 2. The minimum Gasteiger partial charge on any atom is -0.497 e. The standard InChI is InChI=1S/C21H28N2O5S/c1-16(2)23(15-17-8-6-5-7-9-17)29(25,26)13-12-22-21(24)19-11-10-18(27-3)14-20(19)28-4/h5-11,14,16H,12-13,15H2,1-4H3,(H,22,24). The number of ether oxygens (including phenoxy) is 2. The SMILES string of the molecule is COc1ccc(C(=O)NCCS(=O)(=O)N(Cc2ccccc2)C(C)C)c(OC)c1. The van der Waals surface area contributed by atoms with Crippen LogP contribution in [0, 0.1) is 0 Å². The van der Waals surface area contributed by atoms with Crippen LogP contribution in [0.3, 0.4) is 0 Å². The predicted molar refractivity (Wildman–Crippen MR) is 113 cm³/mol. The van der Waals surface area contributed by atoms with Crippen molar-refractivity contribution in [2.45, 2.75) is 26.4 Å². The van der Waals surface area contributed by atoms with E-state index in [4.69, 9.17) is 9.47 Å². The van der Waals surface area contributed by atoms with E-state index in [-0.39, 0.29) is 18.3 Å². The third-order valence-corrected chi connectivity index (χ3v) is 6.40. The largest absolute Gasteiger partial charge is 0.497 e. The van der Waals surface area contributed by atoms with E-state index in [1.807, 2.05) is 44.2 Å². The third-order valence-electron chi connectivity index (χ3n) is 4.41. The number of hydrogen-bond acceptors (Lipinski definition) is 5. The summed E-state index contributed by atoms with van der Waals surface area (Å²) in [5.74, 6) is 0.327. The zero-order valence-electron chi connectivity index (χ0n) is 17.2. The van der Waals surface area contributed by atoms with E-state index < -0.39 is 15.9 Å². The number of benzene rings is 2. The van der Waals surface area contributed by atoms with E-state index >= 15 is 0 Å². The lowest BCUT2D eigenvalue weighted by Gasteiger charge is -2.26. The second kappa shape index (κ2) is 10.3. The molecule has 8 heteroatoms. The number of nitrogens with zero attached hydrogens (tertiary/aromatic N) is 1. The Kier molecular flexibility index (Phi) is 8.04. The Hall–Kier alpha value is -2.58. The van der Waals surface area contributed by atoms with Gasteiger partial charge in [0.1, 0.15) is 11.5 Å². The Morgan fingerprint density at radius 1 is 1.07 bits per heavy atom. The topological polar surface area (TPSA) is 84.9 Å². The third kappa shape index (κ3) is 6.20. The van der Waals surface area contributed by atoms with Crippen molar-refractivity contribution in [3.8, 4) is 11.5 Å². The molecule has 2 rings (SSSR count). The molecule has 0 aliphatic carbocycles. The first-order valence-corrected chi connectivity index (χ1v) is 10.9. The molecule has 2 aromatic carbocycles. The summed E-state index contributed by atoms with van der Waals surface area (Å²) in [5.41, 5.74) is 1.23. The fraction of sp³-hybridized carbons (Fsp3) is 0.381. The zero-order valence-corrected chi connectivity index (χ0v) is 18.0. The molecule has 0 radical (unpaired) electrons. The number of carbonyl (C=O) groups is 1. The van der Waals surface area contributed by atoms with Crippen LogP contribution < -0.4 is 14.8 Å². The molecule has 29 heavy (non-hydrogen) atoms. The minimum atomic E-state index is -3.56. The molecule has 0 fully saturated rings. The van der Waals surface area contributed by atoms with E-state index in [1.165, 1.54) is 18.5 Å². The Morgan fingerprint density at radius 2 is 1.76 bits per heavy atom. The molecule has 158 valence electrons. The van der Waals surface area contributed by atoms with Crippen molar-refractivity contribution in [1.82, 2.24) is 9.62 Å². The second-order valence-corrected chi connectivity index (χ2v) is 8.80. The molecule has 1 amide bonds. The summed E-state index contributed by atoms with van der Waals surface area (Å²) in [7, 11) is -0.575. The van der Waals surface area contributed by atoms with Gasteiger partial charge in [-0.05, 0) is 31.5 Å². The van der Waals surface area contributed by atoms with Gasteiger partial charge in [0.25, 0.3) is 5.91 Å². The number of amides is 1. The van der Waals surface area contributed by atoms with Crippen molar-refractivity contribution in [1.29, 1.82) is 0 Å². The lowest BCUT2D eigenvalue weighted by Crippen LogP contribution is -2.41. The summed E-state index contributed by atoms with van der Waals surface area (Å²) in [4.78, 5) is 12.5. The number of hydrogen-bond donors (Lipinski definition) is 1. The maximum absolute atomic E-state index is 12.8. The molecule has 1 N–H and O–H groups in total. The summed E-state index contributed by atoms with van der Waals surface area (Å²) < 4.78 is 37.5. The first-order valence-electron chi connectivity index (χ1n) is 9.32. The van der Waals surface area contributed by atoms with Crippen molar-refractivity contribution in [3.63, 3.8) is 0 Å². The highest BCUT2D eigenvalue weighted by atomic mass is 32.2. The van der Waals surface area contributed by atoms with Crippen LogP contribution >= 0.6 is 0 Å². The van der Waals surface area contributed by atoms with Gasteiger partial charge in [-0.3, -0.25) is 4.79 Å². The molecule has 0 aliphatic rings. The smallest absolute Gasteiger partial charge is 0.255 e. The highest BCUT2D eigenvalue weighted by molar-refractivity contribution is 7.89. The minimum absolute atomic E-state index is 0.00560. The summed E-state index contributed by atoms with van der Waals surface area (Å²) in [6, 6.07) is 14.1. The van der Waals surface area contributed by atoms with Crippen molar-refractivity contribution in [2.24, 2.45) is 0 Å².